The Balaban J connectivity index is 1.80. The van der Waals surface area contributed by atoms with Gasteiger partial charge >= 0.3 is 0 Å². The van der Waals surface area contributed by atoms with E-state index in [9.17, 15) is 14.9 Å². The molecule has 0 saturated carbocycles. The number of non-ortho nitro benzene ring substituents is 1. The first-order valence-corrected chi connectivity index (χ1v) is 10.2. The van der Waals surface area contributed by atoms with Crippen LogP contribution in [0.25, 0.3) is 5.69 Å². The number of hydrogen-bond donors (Lipinski definition) is 1. The van der Waals surface area contributed by atoms with Gasteiger partial charge in [-0.2, -0.15) is 0 Å². The zero-order valence-electron chi connectivity index (χ0n) is 16.5. The lowest BCUT2D eigenvalue weighted by Gasteiger charge is -2.15. The number of imidazole rings is 1. The Morgan fingerprint density at radius 1 is 1.37 bits per heavy atom. The van der Waals surface area contributed by atoms with Crippen LogP contribution < -0.4 is 10.1 Å². The number of carbonyl (C=O) groups excluding carboxylic acids is 1. The number of rotatable bonds is 7. The van der Waals surface area contributed by atoms with E-state index in [1.54, 1.807) is 19.3 Å². The number of nitrogens with one attached hydrogen (secondary N) is 1. The molecule has 1 amide bonds. The first kappa shape index (κ1) is 21.7. The maximum absolute atomic E-state index is 12.7. The van der Waals surface area contributed by atoms with E-state index in [4.69, 9.17) is 16.3 Å². The Morgan fingerprint density at radius 2 is 2.13 bits per heavy atom. The number of methoxy groups -OCH3 is 1. The molecule has 1 heterocycles. The van der Waals surface area contributed by atoms with E-state index in [1.165, 1.54) is 37.1 Å². The summed E-state index contributed by atoms with van der Waals surface area (Å²) < 4.78 is 7.06. The lowest BCUT2D eigenvalue weighted by Crippen LogP contribution is -2.23. The average molecular weight is 447 g/mol. The van der Waals surface area contributed by atoms with E-state index in [-0.39, 0.29) is 17.3 Å². The summed E-state index contributed by atoms with van der Waals surface area (Å²) in [5.74, 6) is -0.00151. The zero-order valence-corrected chi connectivity index (χ0v) is 18.0. The quantitative estimate of drug-likeness (QED) is 0.315. The summed E-state index contributed by atoms with van der Waals surface area (Å²) >= 11 is 7.49. The molecule has 10 heteroatoms. The molecule has 0 aliphatic heterocycles. The number of benzene rings is 2. The van der Waals surface area contributed by atoms with Gasteiger partial charge in [0.05, 0.1) is 28.7 Å². The second kappa shape index (κ2) is 9.19. The predicted octanol–water partition coefficient (Wildman–Crippen LogP) is 4.87. The lowest BCUT2D eigenvalue weighted by atomic mass is 10.2. The van der Waals surface area contributed by atoms with Crippen molar-refractivity contribution in [2.24, 2.45) is 0 Å². The van der Waals surface area contributed by atoms with Gasteiger partial charge in [0, 0.05) is 29.5 Å². The summed E-state index contributed by atoms with van der Waals surface area (Å²) in [5, 5.41) is 14.5. The minimum atomic E-state index is -0.533. The van der Waals surface area contributed by atoms with Crippen molar-refractivity contribution in [1.82, 2.24) is 9.55 Å². The summed E-state index contributed by atoms with van der Waals surface area (Å²) in [6.07, 6.45) is 3.45. The largest absolute Gasteiger partial charge is 0.495 e. The van der Waals surface area contributed by atoms with Crippen LogP contribution in [0.4, 0.5) is 11.4 Å². The van der Waals surface area contributed by atoms with Gasteiger partial charge in [-0.3, -0.25) is 19.5 Å². The third-order valence-corrected chi connectivity index (χ3v) is 5.90. The molecule has 1 aromatic heterocycles. The van der Waals surface area contributed by atoms with Gasteiger partial charge in [0.25, 0.3) is 5.69 Å². The molecule has 8 nitrogen and oxygen atoms in total. The molecule has 1 unspecified atom stereocenters. The smallest absolute Gasteiger partial charge is 0.271 e. The maximum Gasteiger partial charge on any atom is 0.271 e. The van der Waals surface area contributed by atoms with E-state index >= 15 is 0 Å². The predicted molar refractivity (Wildman–Crippen MR) is 117 cm³/mol. The number of nitro benzene ring substituents is 1. The number of thioether (sulfide) groups is 1. The van der Waals surface area contributed by atoms with E-state index in [0.717, 1.165) is 11.3 Å². The van der Waals surface area contributed by atoms with Crippen LogP contribution in [0, 0.1) is 17.0 Å². The average Bonchev–Trinajstić information content (AvgIpc) is 3.17. The summed E-state index contributed by atoms with van der Waals surface area (Å²) in [6.45, 7) is 3.64. The Labute approximate surface area is 182 Å². The molecule has 0 aliphatic rings. The number of nitrogens with zero attached hydrogens (tertiary/aromatic N) is 3. The second-order valence-electron chi connectivity index (χ2n) is 6.35. The Morgan fingerprint density at radius 3 is 2.83 bits per heavy atom. The molecule has 0 radical (unpaired) electrons. The zero-order chi connectivity index (χ0) is 21.8. The van der Waals surface area contributed by atoms with Crippen LogP contribution in [-0.2, 0) is 4.79 Å². The van der Waals surface area contributed by atoms with Crippen molar-refractivity contribution in [3.63, 3.8) is 0 Å². The van der Waals surface area contributed by atoms with Gasteiger partial charge in [-0.25, -0.2) is 4.98 Å². The lowest BCUT2D eigenvalue weighted by molar-refractivity contribution is -0.384. The van der Waals surface area contributed by atoms with Crippen molar-refractivity contribution in [3.8, 4) is 11.4 Å². The Bertz CT molecular complexity index is 1100. The minimum Gasteiger partial charge on any atom is -0.495 e. The monoisotopic (exact) mass is 446 g/mol. The van der Waals surface area contributed by atoms with E-state index in [0.29, 0.717) is 15.9 Å². The highest BCUT2D eigenvalue weighted by Gasteiger charge is 2.21. The summed E-state index contributed by atoms with van der Waals surface area (Å²) in [7, 11) is 1.43. The van der Waals surface area contributed by atoms with E-state index in [1.807, 2.05) is 29.7 Å². The van der Waals surface area contributed by atoms with Crippen LogP contribution in [0.3, 0.4) is 0 Å². The fourth-order valence-corrected chi connectivity index (χ4v) is 3.82. The number of nitro groups is 1. The Kier molecular flexibility index (Phi) is 6.63. The van der Waals surface area contributed by atoms with Crippen molar-refractivity contribution in [2.45, 2.75) is 24.3 Å². The number of hydrogen-bond acceptors (Lipinski definition) is 6. The normalized spacial score (nSPS) is 11.7. The van der Waals surface area contributed by atoms with Gasteiger partial charge in [-0.1, -0.05) is 29.4 Å². The molecule has 0 fully saturated rings. The number of carbonyl (C=O) groups is 1. The maximum atomic E-state index is 12.7. The summed E-state index contributed by atoms with van der Waals surface area (Å²) in [4.78, 5) is 27.6. The van der Waals surface area contributed by atoms with Crippen LogP contribution in [0.1, 0.15) is 12.5 Å². The van der Waals surface area contributed by atoms with Crippen molar-refractivity contribution in [3.05, 3.63) is 69.5 Å². The van der Waals surface area contributed by atoms with Gasteiger partial charge < -0.3 is 10.1 Å². The summed E-state index contributed by atoms with van der Waals surface area (Å²) in [5.41, 5.74) is 1.87. The first-order valence-electron chi connectivity index (χ1n) is 8.90. The molecule has 1 N–H and O–H groups in total. The molecule has 156 valence electrons. The summed E-state index contributed by atoms with van der Waals surface area (Å²) in [6, 6.07) is 9.61. The van der Waals surface area contributed by atoms with Crippen LogP contribution in [0.2, 0.25) is 5.02 Å². The minimum absolute atomic E-state index is 0.140. The molecule has 2 aromatic carbocycles. The third-order valence-electron chi connectivity index (χ3n) is 4.41. The van der Waals surface area contributed by atoms with Gasteiger partial charge in [-0.15, -0.1) is 0 Å². The number of anilines is 1. The number of ether oxygens (including phenoxy) is 1. The van der Waals surface area contributed by atoms with Crippen LogP contribution in [0.15, 0.2) is 53.9 Å². The fourth-order valence-electron chi connectivity index (χ4n) is 2.77. The van der Waals surface area contributed by atoms with Gasteiger partial charge in [0.2, 0.25) is 5.91 Å². The van der Waals surface area contributed by atoms with Crippen LogP contribution in [-0.4, -0.2) is 32.7 Å². The molecule has 0 bridgehead atoms. The topological polar surface area (TPSA) is 99.3 Å². The molecule has 0 spiro atoms. The number of amides is 1. The van der Waals surface area contributed by atoms with Crippen molar-refractivity contribution >= 4 is 40.6 Å². The highest BCUT2D eigenvalue weighted by molar-refractivity contribution is 8.00. The molecule has 3 aromatic rings. The van der Waals surface area contributed by atoms with E-state index < -0.39 is 10.2 Å². The Hall–Kier alpha value is -3.04. The van der Waals surface area contributed by atoms with Gasteiger partial charge in [-0.05, 0) is 37.6 Å². The fraction of sp³-hybridized carbons (Fsp3) is 0.200. The number of halogens is 1. The van der Waals surface area contributed by atoms with Gasteiger partial charge in [0.1, 0.15) is 5.75 Å². The first-order chi connectivity index (χ1) is 14.3. The highest BCUT2D eigenvalue weighted by atomic mass is 35.5. The van der Waals surface area contributed by atoms with Crippen molar-refractivity contribution in [1.29, 1.82) is 0 Å². The molecular weight excluding hydrogens is 428 g/mol. The molecule has 30 heavy (non-hydrogen) atoms. The SMILES string of the molecule is COc1ccc([N+](=O)[O-])cc1NC(=O)C(C)Sc1nccn1-c1cccc(Cl)c1C. The van der Waals surface area contributed by atoms with Gasteiger partial charge in [0.15, 0.2) is 5.16 Å². The second-order valence-corrected chi connectivity index (χ2v) is 8.07. The van der Waals surface area contributed by atoms with Crippen LogP contribution in [0.5, 0.6) is 5.75 Å². The van der Waals surface area contributed by atoms with Crippen molar-refractivity contribution < 1.29 is 14.5 Å². The van der Waals surface area contributed by atoms with Crippen molar-refractivity contribution in [2.75, 3.05) is 12.4 Å². The molecular formula is C20H19ClN4O4S. The highest BCUT2D eigenvalue weighted by Crippen LogP contribution is 2.32. The third kappa shape index (κ3) is 4.58. The molecule has 0 saturated heterocycles. The molecule has 0 aliphatic carbocycles. The molecule has 3 rings (SSSR count). The molecule has 1 atom stereocenters. The number of aromatic nitrogens is 2. The van der Waals surface area contributed by atoms with E-state index in [2.05, 4.69) is 10.3 Å². The standard InChI is InChI=1S/C20H19ClN4O4S/c1-12-15(21)5-4-6-17(12)24-10-9-22-20(24)30-13(2)19(26)23-16-11-14(25(27)28)7-8-18(16)29-3/h4-11,13H,1-3H3,(H,23,26). The van der Waals surface area contributed by atoms with Crippen LogP contribution >= 0.6 is 23.4 Å².